The maximum atomic E-state index is 13.3. The summed E-state index contributed by atoms with van der Waals surface area (Å²) >= 11 is 0. The minimum Gasteiger partial charge on any atom is -0.288 e. The van der Waals surface area contributed by atoms with E-state index in [0.717, 1.165) is 37.1 Å². The number of carbonyl (C=O) groups is 2. The number of hydrogen-bond donors (Lipinski definition) is 3. The summed E-state index contributed by atoms with van der Waals surface area (Å²) in [5.74, 6) is -1.23. The number of rotatable bonds is 6. The van der Waals surface area contributed by atoms with Crippen molar-refractivity contribution in [3.63, 3.8) is 0 Å². The molecule has 0 spiro atoms. The first-order chi connectivity index (χ1) is 14.0. The highest BCUT2D eigenvalue weighted by molar-refractivity contribution is 6.24. The molecule has 0 unspecified atom stereocenters. The van der Waals surface area contributed by atoms with Crippen molar-refractivity contribution in [2.75, 3.05) is 13.1 Å². The fraction of sp³-hybridized carbons (Fsp3) is 0.182. The van der Waals surface area contributed by atoms with Crippen LogP contribution in [-0.2, 0) is 9.59 Å². The van der Waals surface area contributed by atoms with Gasteiger partial charge < -0.3 is 0 Å². The highest BCUT2D eigenvalue weighted by atomic mass is 19.1. The molecule has 1 saturated heterocycles. The number of nitrogens with one attached hydrogen (secondary N) is 2. The molecule has 7 heteroatoms. The van der Waals surface area contributed by atoms with Crippen LogP contribution >= 0.6 is 0 Å². The highest BCUT2D eigenvalue weighted by Crippen LogP contribution is 2.20. The first kappa shape index (κ1) is 20.4. The predicted octanol–water partition coefficient (Wildman–Crippen LogP) is 3.01. The molecule has 1 fully saturated rings. The van der Waals surface area contributed by atoms with Gasteiger partial charge in [0.05, 0.1) is 0 Å². The van der Waals surface area contributed by atoms with Crippen LogP contribution in [0.2, 0.25) is 0 Å². The molecule has 2 amide bonds. The van der Waals surface area contributed by atoms with Crippen molar-refractivity contribution in [3.8, 4) is 0 Å². The smallest absolute Gasteiger partial charge is 0.267 e. The minimum atomic E-state index is -0.619. The summed E-state index contributed by atoms with van der Waals surface area (Å²) < 4.78 is 13.3. The fourth-order valence-corrected chi connectivity index (χ4v) is 3.02. The number of amides is 2. The molecule has 29 heavy (non-hydrogen) atoms. The molecule has 6 nitrogen and oxygen atoms in total. The van der Waals surface area contributed by atoms with Gasteiger partial charge in [0.2, 0.25) is 0 Å². The van der Waals surface area contributed by atoms with Gasteiger partial charge in [-0.1, -0.05) is 36.4 Å². The second kappa shape index (κ2) is 9.77. The molecule has 0 radical (unpaired) electrons. The maximum absolute atomic E-state index is 13.3. The van der Waals surface area contributed by atoms with E-state index in [-0.39, 0.29) is 11.7 Å². The molecule has 0 aromatic heterocycles. The third-order valence-electron chi connectivity index (χ3n) is 4.55. The van der Waals surface area contributed by atoms with E-state index in [0.29, 0.717) is 11.1 Å². The van der Waals surface area contributed by atoms with Crippen molar-refractivity contribution in [2.24, 2.45) is 0 Å². The zero-order valence-corrected chi connectivity index (χ0v) is 15.8. The normalized spacial score (nSPS) is 14.9. The van der Waals surface area contributed by atoms with E-state index in [1.807, 2.05) is 17.1 Å². The fourth-order valence-electron chi connectivity index (χ4n) is 3.02. The van der Waals surface area contributed by atoms with Crippen molar-refractivity contribution in [3.05, 3.63) is 77.1 Å². The van der Waals surface area contributed by atoms with Crippen LogP contribution in [-0.4, -0.2) is 35.1 Å². The van der Waals surface area contributed by atoms with Crippen LogP contribution in [0.15, 0.2) is 54.6 Å². The van der Waals surface area contributed by atoms with Gasteiger partial charge in [-0.2, -0.15) is 0 Å². The van der Waals surface area contributed by atoms with E-state index in [9.17, 15) is 14.0 Å². The van der Waals surface area contributed by atoms with Gasteiger partial charge >= 0.3 is 0 Å². The molecule has 3 rings (SSSR count). The van der Waals surface area contributed by atoms with E-state index in [1.165, 1.54) is 23.7 Å². The van der Waals surface area contributed by atoms with Gasteiger partial charge in [-0.25, -0.2) is 14.9 Å². The Balaban J connectivity index is 1.85. The number of nitrogens with zero attached hydrogens (tertiary/aromatic N) is 1. The lowest BCUT2D eigenvalue weighted by molar-refractivity contribution is -0.124. The SMILES string of the molecule is O=C(/C=C/c1ccc(C=C(C(=O)NN2CCCC2)c2ccc(F)cc2)cc1)NO. The first-order valence-electron chi connectivity index (χ1n) is 9.31. The van der Waals surface area contributed by atoms with E-state index >= 15 is 0 Å². The van der Waals surface area contributed by atoms with Crippen LogP contribution in [0.4, 0.5) is 4.39 Å². The van der Waals surface area contributed by atoms with Gasteiger partial charge in [0.1, 0.15) is 5.82 Å². The predicted molar refractivity (Wildman–Crippen MR) is 109 cm³/mol. The van der Waals surface area contributed by atoms with E-state index in [2.05, 4.69) is 5.43 Å². The molecule has 0 bridgehead atoms. The van der Waals surface area contributed by atoms with Crippen molar-refractivity contribution in [2.45, 2.75) is 12.8 Å². The lowest BCUT2D eigenvalue weighted by atomic mass is 10.0. The Kier molecular flexibility index (Phi) is 6.89. The third-order valence-corrected chi connectivity index (χ3v) is 4.55. The number of benzene rings is 2. The van der Waals surface area contributed by atoms with Crippen LogP contribution in [0.3, 0.4) is 0 Å². The third kappa shape index (κ3) is 5.84. The molecule has 1 aliphatic heterocycles. The number of hydroxylamine groups is 1. The Labute approximate surface area is 168 Å². The second-order valence-corrected chi connectivity index (χ2v) is 6.68. The maximum Gasteiger partial charge on any atom is 0.267 e. The lowest BCUT2D eigenvalue weighted by Gasteiger charge is -2.18. The van der Waals surface area contributed by atoms with Crippen molar-refractivity contribution in [1.29, 1.82) is 0 Å². The van der Waals surface area contributed by atoms with Crippen molar-refractivity contribution >= 4 is 29.5 Å². The van der Waals surface area contributed by atoms with Crippen molar-refractivity contribution < 1.29 is 19.2 Å². The molecule has 2 aromatic carbocycles. The number of carbonyl (C=O) groups excluding carboxylic acids is 2. The Morgan fingerprint density at radius 2 is 1.59 bits per heavy atom. The molecule has 0 saturated carbocycles. The molecule has 2 aromatic rings. The first-order valence-corrected chi connectivity index (χ1v) is 9.31. The highest BCUT2D eigenvalue weighted by Gasteiger charge is 2.18. The Morgan fingerprint density at radius 3 is 2.21 bits per heavy atom. The van der Waals surface area contributed by atoms with E-state index in [1.54, 1.807) is 36.4 Å². The molecule has 150 valence electrons. The summed E-state index contributed by atoms with van der Waals surface area (Å²) in [6.07, 6.45) is 6.59. The standard InChI is InChI=1S/C22H22FN3O3/c23-19-10-8-18(9-11-19)20(22(28)24-26-13-1-2-14-26)15-17-5-3-16(4-6-17)7-12-21(27)25-29/h3-12,15,29H,1-2,13-14H2,(H,24,28)(H,25,27)/b12-7+,20-15?. The Morgan fingerprint density at radius 1 is 0.966 bits per heavy atom. The van der Waals surface area contributed by atoms with Gasteiger partial charge in [0.15, 0.2) is 0 Å². The molecule has 3 N–H and O–H groups in total. The lowest BCUT2D eigenvalue weighted by Crippen LogP contribution is -2.40. The number of hydrogen-bond acceptors (Lipinski definition) is 4. The summed E-state index contributed by atoms with van der Waals surface area (Å²) in [6, 6.07) is 13.0. The zero-order valence-electron chi connectivity index (χ0n) is 15.8. The largest absolute Gasteiger partial charge is 0.288 e. The van der Waals surface area contributed by atoms with Gasteiger partial charge in [-0.15, -0.1) is 0 Å². The summed E-state index contributed by atoms with van der Waals surface area (Å²) in [4.78, 5) is 23.9. The van der Waals surface area contributed by atoms with Gasteiger partial charge in [0.25, 0.3) is 11.8 Å². The van der Waals surface area contributed by atoms with Crippen molar-refractivity contribution in [1.82, 2.24) is 15.9 Å². The summed E-state index contributed by atoms with van der Waals surface area (Å²) in [5, 5.41) is 10.4. The summed E-state index contributed by atoms with van der Waals surface area (Å²) in [7, 11) is 0. The van der Waals surface area contributed by atoms with Crippen LogP contribution in [0.5, 0.6) is 0 Å². The monoisotopic (exact) mass is 395 g/mol. The van der Waals surface area contributed by atoms with Crippen LogP contribution < -0.4 is 10.9 Å². The van der Waals surface area contributed by atoms with Gasteiger partial charge in [-0.3, -0.25) is 20.2 Å². The number of halogens is 1. The Bertz CT molecular complexity index is 915. The Hall–Kier alpha value is -3.29. The van der Waals surface area contributed by atoms with Gasteiger partial charge in [-0.05, 0) is 53.8 Å². The average Bonchev–Trinajstić information content (AvgIpc) is 3.24. The average molecular weight is 395 g/mol. The molecule has 0 aliphatic carbocycles. The molecular formula is C22H22FN3O3. The van der Waals surface area contributed by atoms with Crippen LogP contribution in [0.1, 0.15) is 29.5 Å². The topological polar surface area (TPSA) is 81.7 Å². The quantitative estimate of drug-likeness (QED) is 0.304. The minimum absolute atomic E-state index is 0.248. The number of hydrazine groups is 1. The van der Waals surface area contributed by atoms with E-state index < -0.39 is 5.91 Å². The van der Waals surface area contributed by atoms with Crippen LogP contribution in [0, 0.1) is 5.82 Å². The summed E-state index contributed by atoms with van der Waals surface area (Å²) in [6.45, 7) is 1.62. The molecular weight excluding hydrogens is 373 g/mol. The molecule has 1 aliphatic rings. The molecule has 1 heterocycles. The summed E-state index contributed by atoms with van der Waals surface area (Å²) in [5.41, 5.74) is 7.03. The second-order valence-electron chi connectivity index (χ2n) is 6.68. The molecule has 0 atom stereocenters. The van der Waals surface area contributed by atoms with E-state index in [4.69, 9.17) is 5.21 Å². The van der Waals surface area contributed by atoms with Gasteiger partial charge in [0, 0.05) is 24.7 Å². The van der Waals surface area contributed by atoms with Crippen LogP contribution in [0.25, 0.3) is 17.7 Å². The zero-order chi connectivity index (χ0) is 20.6.